The van der Waals surface area contributed by atoms with Crippen LogP contribution in [0.4, 0.5) is 0 Å². The van der Waals surface area contributed by atoms with Gasteiger partial charge in [0.25, 0.3) is 0 Å². The lowest BCUT2D eigenvalue weighted by molar-refractivity contribution is -0.137. The van der Waals surface area contributed by atoms with Crippen molar-refractivity contribution in [3.05, 3.63) is 18.2 Å². The Kier molecular flexibility index (Phi) is 4.87. The van der Waals surface area contributed by atoms with Gasteiger partial charge < -0.3 is 9.88 Å². The molecule has 1 aliphatic rings. The highest BCUT2D eigenvalue weighted by atomic mass is 32.2. The molecule has 1 aliphatic heterocycles. The van der Waals surface area contributed by atoms with Crippen LogP contribution in [0.25, 0.3) is 0 Å². The van der Waals surface area contributed by atoms with Crippen molar-refractivity contribution in [1.29, 1.82) is 0 Å². The monoisotopic (exact) mass is 282 g/mol. The molecule has 1 amide bonds. The molecular formula is C13H22N4OS. The number of piperazine rings is 1. The Morgan fingerprint density at radius 3 is 3.05 bits per heavy atom. The molecule has 2 rings (SSSR count). The molecule has 106 valence electrons. The minimum Gasteiger partial charge on any atom is -0.347 e. The highest BCUT2D eigenvalue weighted by molar-refractivity contribution is 7.98. The predicted octanol–water partition coefficient (Wildman–Crippen LogP) is 1.22. The Morgan fingerprint density at radius 2 is 2.42 bits per heavy atom. The van der Waals surface area contributed by atoms with Crippen molar-refractivity contribution in [2.45, 2.75) is 13.0 Å². The summed E-state index contributed by atoms with van der Waals surface area (Å²) in [4.78, 5) is 24.1. The Labute approximate surface area is 118 Å². The fraction of sp³-hybridized carbons (Fsp3) is 0.692. The number of thioether (sulfide) groups is 1. The SMILES string of the molecule is CSC[C@H](C)C(=O)N1CCN(C)[C@@H](c2ncc[nH]2)C1. The number of carbonyl (C=O) groups excluding carboxylic acids is 1. The van der Waals surface area contributed by atoms with Crippen molar-refractivity contribution in [3.63, 3.8) is 0 Å². The van der Waals surface area contributed by atoms with Crippen LogP contribution >= 0.6 is 11.8 Å². The van der Waals surface area contributed by atoms with E-state index in [4.69, 9.17) is 0 Å². The van der Waals surface area contributed by atoms with Crippen molar-refractivity contribution in [2.24, 2.45) is 5.92 Å². The van der Waals surface area contributed by atoms with Crippen LogP contribution in [0.15, 0.2) is 12.4 Å². The number of amides is 1. The molecule has 0 aromatic carbocycles. The average Bonchev–Trinajstić information content (AvgIpc) is 2.92. The number of H-pyrrole nitrogens is 1. The van der Waals surface area contributed by atoms with Gasteiger partial charge in [0, 0.05) is 43.7 Å². The fourth-order valence-corrected chi connectivity index (χ4v) is 3.10. The van der Waals surface area contributed by atoms with E-state index in [1.807, 2.05) is 24.3 Å². The number of aromatic amines is 1. The summed E-state index contributed by atoms with van der Waals surface area (Å²) < 4.78 is 0. The van der Waals surface area contributed by atoms with Gasteiger partial charge in [0.2, 0.25) is 5.91 Å². The standard InChI is InChI=1S/C13H22N4OS/c1-10(9-19-3)13(18)17-7-6-16(2)11(8-17)12-14-4-5-15-12/h4-5,10-11H,6-9H2,1-3H3,(H,14,15)/t10-,11+/m0/s1. The Bertz CT molecular complexity index is 409. The summed E-state index contributed by atoms with van der Waals surface area (Å²) in [5.74, 6) is 2.18. The Hall–Kier alpha value is -1.01. The first kappa shape index (κ1) is 14.4. The van der Waals surface area contributed by atoms with Gasteiger partial charge in [0.15, 0.2) is 0 Å². The molecule has 0 spiro atoms. The number of nitrogens with zero attached hydrogens (tertiary/aromatic N) is 3. The molecule has 1 fully saturated rings. The van der Waals surface area contributed by atoms with E-state index in [1.165, 1.54) is 0 Å². The molecule has 2 heterocycles. The van der Waals surface area contributed by atoms with E-state index in [1.54, 1.807) is 18.0 Å². The smallest absolute Gasteiger partial charge is 0.226 e. The zero-order valence-electron chi connectivity index (χ0n) is 11.8. The van der Waals surface area contributed by atoms with Crippen molar-refractivity contribution in [1.82, 2.24) is 19.8 Å². The minimum absolute atomic E-state index is 0.0932. The van der Waals surface area contributed by atoms with Crippen LogP contribution in [0.2, 0.25) is 0 Å². The number of imidazole rings is 1. The third-order valence-corrected chi connectivity index (χ3v) is 4.47. The van der Waals surface area contributed by atoms with Crippen molar-refractivity contribution in [3.8, 4) is 0 Å². The third kappa shape index (κ3) is 3.30. The van der Waals surface area contributed by atoms with E-state index < -0.39 is 0 Å². The first-order chi connectivity index (χ1) is 9.13. The lowest BCUT2D eigenvalue weighted by Crippen LogP contribution is -2.50. The summed E-state index contributed by atoms with van der Waals surface area (Å²) in [6.45, 7) is 4.44. The van der Waals surface area contributed by atoms with E-state index in [0.29, 0.717) is 0 Å². The predicted molar refractivity (Wildman–Crippen MR) is 78.1 cm³/mol. The zero-order chi connectivity index (χ0) is 13.8. The maximum atomic E-state index is 12.4. The number of rotatable bonds is 4. The normalized spacial score (nSPS) is 22.5. The van der Waals surface area contributed by atoms with E-state index in [9.17, 15) is 4.79 Å². The summed E-state index contributed by atoms with van der Waals surface area (Å²) in [6.07, 6.45) is 5.64. The van der Waals surface area contributed by atoms with Gasteiger partial charge in [0.1, 0.15) is 5.82 Å². The van der Waals surface area contributed by atoms with Crippen LogP contribution in [0, 0.1) is 5.92 Å². The van der Waals surface area contributed by atoms with Crippen LogP contribution in [0.5, 0.6) is 0 Å². The molecule has 5 nitrogen and oxygen atoms in total. The second-order valence-corrected chi connectivity index (χ2v) is 6.02. The van der Waals surface area contributed by atoms with E-state index in [-0.39, 0.29) is 17.9 Å². The molecule has 0 aliphatic carbocycles. The number of likely N-dealkylation sites (N-methyl/N-ethyl adjacent to an activating group) is 1. The number of aromatic nitrogens is 2. The molecule has 1 aromatic heterocycles. The van der Waals surface area contributed by atoms with Crippen LogP contribution in [0.1, 0.15) is 18.8 Å². The molecule has 0 bridgehead atoms. The molecular weight excluding hydrogens is 260 g/mol. The van der Waals surface area contributed by atoms with E-state index in [2.05, 4.69) is 21.9 Å². The van der Waals surface area contributed by atoms with Gasteiger partial charge in [-0.3, -0.25) is 9.69 Å². The molecule has 0 radical (unpaired) electrons. The third-order valence-electron chi connectivity index (χ3n) is 3.63. The Balaban J connectivity index is 2.03. The fourth-order valence-electron chi connectivity index (χ4n) is 2.46. The second kappa shape index (κ2) is 6.43. The first-order valence-electron chi connectivity index (χ1n) is 6.60. The molecule has 1 saturated heterocycles. The molecule has 6 heteroatoms. The first-order valence-corrected chi connectivity index (χ1v) is 8.00. The minimum atomic E-state index is 0.0932. The highest BCUT2D eigenvalue weighted by Crippen LogP contribution is 2.22. The number of nitrogens with one attached hydrogen (secondary N) is 1. The van der Waals surface area contributed by atoms with Gasteiger partial charge in [-0.1, -0.05) is 6.92 Å². The topological polar surface area (TPSA) is 52.2 Å². The van der Waals surface area contributed by atoms with Gasteiger partial charge in [0.05, 0.1) is 6.04 Å². The lowest BCUT2D eigenvalue weighted by Gasteiger charge is -2.39. The van der Waals surface area contributed by atoms with Gasteiger partial charge in [-0.25, -0.2) is 4.98 Å². The Morgan fingerprint density at radius 1 is 1.63 bits per heavy atom. The maximum Gasteiger partial charge on any atom is 0.226 e. The maximum absolute atomic E-state index is 12.4. The van der Waals surface area contributed by atoms with Crippen molar-refractivity contribution < 1.29 is 4.79 Å². The quantitative estimate of drug-likeness (QED) is 0.902. The summed E-state index contributed by atoms with van der Waals surface area (Å²) in [5, 5.41) is 0. The van der Waals surface area contributed by atoms with E-state index >= 15 is 0 Å². The van der Waals surface area contributed by atoms with Crippen LogP contribution in [-0.4, -0.2) is 64.4 Å². The number of hydrogen-bond acceptors (Lipinski definition) is 4. The summed E-state index contributed by atoms with van der Waals surface area (Å²) >= 11 is 1.72. The second-order valence-electron chi connectivity index (χ2n) is 5.11. The summed E-state index contributed by atoms with van der Waals surface area (Å²) in [7, 11) is 2.08. The highest BCUT2D eigenvalue weighted by Gasteiger charge is 2.31. The molecule has 0 saturated carbocycles. The van der Waals surface area contributed by atoms with E-state index in [0.717, 1.165) is 31.2 Å². The molecule has 19 heavy (non-hydrogen) atoms. The summed E-state index contributed by atoms with van der Waals surface area (Å²) in [5.41, 5.74) is 0. The largest absolute Gasteiger partial charge is 0.347 e. The average molecular weight is 282 g/mol. The van der Waals surface area contributed by atoms with Crippen molar-refractivity contribution >= 4 is 17.7 Å². The van der Waals surface area contributed by atoms with Crippen LogP contribution in [0.3, 0.4) is 0 Å². The zero-order valence-corrected chi connectivity index (χ0v) is 12.6. The van der Waals surface area contributed by atoms with Crippen molar-refractivity contribution in [2.75, 3.05) is 38.7 Å². The summed E-state index contributed by atoms with van der Waals surface area (Å²) in [6, 6.07) is 0.175. The molecule has 1 N–H and O–H groups in total. The van der Waals surface area contributed by atoms with Crippen LogP contribution in [-0.2, 0) is 4.79 Å². The van der Waals surface area contributed by atoms with Gasteiger partial charge >= 0.3 is 0 Å². The lowest BCUT2D eigenvalue weighted by atomic mass is 10.1. The number of hydrogen-bond donors (Lipinski definition) is 1. The molecule has 0 unspecified atom stereocenters. The van der Waals surface area contributed by atoms with Gasteiger partial charge in [-0.05, 0) is 13.3 Å². The molecule has 2 atom stereocenters. The number of carbonyl (C=O) groups is 1. The molecule has 1 aromatic rings. The van der Waals surface area contributed by atoms with Crippen LogP contribution < -0.4 is 0 Å². The van der Waals surface area contributed by atoms with Gasteiger partial charge in [-0.15, -0.1) is 0 Å². The van der Waals surface area contributed by atoms with Gasteiger partial charge in [-0.2, -0.15) is 11.8 Å².